The quantitative estimate of drug-likeness (QED) is 0.438. The maximum Gasteiger partial charge on any atom is 0.191 e. The highest BCUT2D eigenvalue weighted by Gasteiger charge is 2.12. The summed E-state index contributed by atoms with van der Waals surface area (Å²) in [4.78, 5) is 7.28. The van der Waals surface area contributed by atoms with Crippen molar-refractivity contribution < 1.29 is 14.2 Å². The molecule has 174 valence electrons. The number of hydrogen-bond acceptors (Lipinski definition) is 5. The summed E-state index contributed by atoms with van der Waals surface area (Å²) in [5.74, 6) is 2.51. The van der Waals surface area contributed by atoms with Crippen molar-refractivity contribution in [1.29, 1.82) is 0 Å². The first-order chi connectivity index (χ1) is 15.7. The lowest BCUT2D eigenvalue weighted by molar-refractivity contribution is 0.0341. The number of nitrogens with zero attached hydrogens (tertiary/aromatic N) is 2. The van der Waals surface area contributed by atoms with E-state index in [1.54, 1.807) is 14.2 Å². The third kappa shape index (κ3) is 7.14. The Hall–Kier alpha value is -2.77. The van der Waals surface area contributed by atoms with E-state index in [0.717, 1.165) is 75.4 Å². The van der Waals surface area contributed by atoms with Crippen molar-refractivity contribution in [2.45, 2.75) is 26.4 Å². The Bertz CT molecular complexity index is 866. The molecule has 0 aromatic heterocycles. The number of guanidine groups is 1. The second kappa shape index (κ2) is 12.9. The Balaban J connectivity index is 1.61. The fourth-order valence-electron chi connectivity index (χ4n) is 3.77. The molecule has 32 heavy (non-hydrogen) atoms. The first-order valence-electron chi connectivity index (χ1n) is 11.3. The van der Waals surface area contributed by atoms with Gasteiger partial charge in [-0.2, -0.15) is 0 Å². The summed E-state index contributed by atoms with van der Waals surface area (Å²) >= 11 is 0. The van der Waals surface area contributed by atoms with Gasteiger partial charge in [-0.15, -0.1) is 0 Å². The van der Waals surface area contributed by atoms with E-state index >= 15 is 0 Å². The summed E-state index contributed by atoms with van der Waals surface area (Å²) in [6.45, 7) is 8.79. The van der Waals surface area contributed by atoms with Crippen molar-refractivity contribution >= 4 is 5.96 Å². The van der Waals surface area contributed by atoms with Gasteiger partial charge in [0, 0.05) is 32.7 Å². The molecule has 2 N–H and O–H groups in total. The van der Waals surface area contributed by atoms with Gasteiger partial charge in [0.1, 0.15) is 11.5 Å². The lowest BCUT2D eigenvalue weighted by atomic mass is 10.1. The number of benzene rings is 2. The maximum absolute atomic E-state index is 5.49. The largest absolute Gasteiger partial charge is 0.497 e. The molecule has 1 heterocycles. The summed E-state index contributed by atoms with van der Waals surface area (Å²) in [6.07, 6.45) is 0.804. The molecule has 0 radical (unpaired) electrons. The van der Waals surface area contributed by atoms with Crippen LogP contribution in [0.5, 0.6) is 11.5 Å². The van der Waals surface area contributed by atoms with Crippen LogP contribution in [0.4, 0.5) is 0 Å². The molecule has 1 aliphatic rings. The third-order valence-electron chi connectivity index (χ3n) is 5.54. The van der Waals surface area contributed by atoms with E-state index in [1.807, 2.05) is 18.2 Å². The topological polar surface area (TPSA) is 67.4 Å². The van der Waals surface area contributed by atoms with Crippen LogP contribution in [0.2, 0.25) is 0 Å². The Labute approximate surface area is 191 Å². The highest BCUT2D eigenvalue weighted by Crippen LogP contribution is 2.24. The fraction of sp³-hybridized carbons (Fsp3) is 0.480. The van der Waals surface area contributed by atoms with Gasteiger partial charge in [-0.25, -0.2) is 4.99 Å². The highest BCUT2D eigenvalue weighted by atomic mass is 16.5. The van der Waals surface area contributed by atoms with E-state index in [-0.39, 0.29) is 0 Å². The molecule has 1 fully saturated rings. The van der Waals surface area contributed by atoms with Crippen LogP contribution in [0.15, 0.2) is 47.5 Å². The number of methoxy groups -OCH3 is 2. The average molecular weight is 441 g/mol. The Morgan fingerprint density at radius 2 is 1.78 bits per heavy atom. The second-order valence-electron chi connectivity index (χ2n) is 7.71. The highest BCUT2D eigenvalue weighted by molar-refractivity contribution is 5.79. The molecule has 1 aliphatic heterocycles. The van der Waals surface area contributed by atoms with Crippen LogP contribution in [0, 0.1) is 0 Å². The SMILES string of the molecule is CCNC(=NCc1ccccc1CN1CCOCC1)NCCc1cc(OC)ccc1OC. The molecule has 0 unspecified atom stereocenters. The summed E-state index contributed by atoms with van der Waals surface area (Å²) in [6, 6.07) is 14.4. The Morgan fingerprint density at radius 3 is 2.50 bits per heavy atom. The van der Waals surface area contributed by atoms with Crippen molar-refractivity contribution in [3.63, 3.8) is 0 Å². The molecule has 1 saturated heterocycles. The molecular weight excluding hydrogens is 404 g/mol. The summed E-state index contributed by atoms with van der Waals surface area (Å²) in [5.41, 5.74) is 3.69. The van der Waals surface area contributed by atoms with Crippen LogP contribution in [0.25, 0.3) is 0 Å². The maximum atomic E-state index is 5.49. The molecule has 2 aromatic carbocycles. The van der Waals surface area contributed by atoms with Gasteiger partial charge in [0.2, 0.25) is 0 Å². The van der Waals surface area contributed by atoms with E-state index in [1.165, 1.54) is 11.1 Å². The third-order valence-corrected chi connectivity index (χ3v) is 5.54. The average Bonchev–Trinajstić information content (AvgIpc) is 2.84. The molecule has 0 spiro atoms. The van der Waals surface area contributed by atoms with Crippen LogP contribution in [0.3, 0.4) is 0 Å². The first-order valence-corrected chi connectivity index (χ1v) is 11.3. The number of nitrogens with one attached hydrogen (secondary N) is 2. The van der Waals surface area contributed by atoms with Crippen molar-refractivity contribution in [3.05, 3.63) is 59.2 Å². The lowest BCUT2D eigenvalue weighted by Gasteiger charge is -2.27. The molecule has 7 nitrogen and oxygen atoms in total. The minimum Gasteiger partial charge on any atom is -0.497 e. The van der Waals surface area contributed by atoms with Gasteiger partial charge in [-0.1, -0.05) is 24.3 Å². The number of aliphatic imine (C=N–C) groups is 1. The van der Waals surface area contributed by atoms with E-state index in [0.29, 0.717) is 6.54 Å². The molecule has 0 bridgehead atoms. The molecule has 2 aromatic rings. The summed E-state index contributed by atoms with van der Waals surface area (Å²) in [7, 11) is 3.37. The van der Waals surface area contributed by atoms with E-state index in [2.05, 4.69) is 46.7 Å². The smallest absolute Gasteiger partial charge is 0.191 e. The van der Waals surface area contributed by atoms with Gasteiger partial charge in [0.25, 0.3) is 0 Å². The van der Waals surface area contributed by atoms with Gasteiger partial charge >= 0.3 is 0 Å². The molecular formula is C25H36N4O3. The van der Waals surface area contributed by atoms with E-state index < -0.39 is 0 Å². The minimum atomic E-state index is 0.637. The van der Waals surface area contributed by atoms with Gasteiger partial charge in [0.05, 0.1) is 34.0 Å². The monoisotopic (exact) mass is 440 g/mol. The van der Waals surface area contributed by atoms with Crippen LogP contribution < -0.4 is 20.1 Å². The van der Waals surface area contributed by atoms with Crippen LogP contribution in [0.1, 0.15) is 23.6 Å². The number of hydrogen-bond donors (Lipinski definition) is 2. The van der Waals surface area contributed by atoms with Crippen molar-refractivity contribution in [1.82, 2.24) is 15.5 Å². The normalized spacial score (nSPS) is 14.8. The lowest BCUT2D eigenvalue weighted by Crippen LogP contribution is -2.38. The number of rotatable bonds is 10. The summed E-state index contributed by atoms with van der Waals surface area (Å²) in [5, 5.41) is 6.79. The second-order valence-corrected chi connectivity index (χ2v) is 7.71. The van der Waals surface area contributed by atoms with Crippen molar-refractivity contribution in [3.8, 4) is 11.5 Å². The molecule has 0 aliphatic carbocycles. The van der Waals surface area contributed by atoms with Gasteiger partial charge < -0.3 is 24.8 Å². The zero-order valence-corrected chi connectivity index (χ0v) is 19.5. The van der Waals surface area contributed by atoms with Gasteiger partial charge in [-0.3, -0.25) is 4.90 Å². The van der Waals surface area contributed by atoms with Crippen LogP contribution in [-0.4, -0.2) is 64.5 Å². The van der Waals surface area contributed by atoms with Gasteiger partial charge in [-0.05, 0) is 48.2 Å². The van der Waals surface area contributed by atoms with Crippen molar-refractivity contribution in [2.75, 3.05) is 53.6 Å². The zero-order valence-electron chi connectivity index (χ0n) is 19.5. The van der Waals surface area contributed by atoms with Gasteiger partial charge in [0.15, 0.2) is 5.96 Å². The van der Waals surface area contributed by atoms with E-state index in [4.69, 9.17) is 19.2 Å². The van der Waals surface area contributed by atoms with Crippen LogP contribution >= 0.6 is 0 Å². The molecule has 7 heteroatoms. The molecule has 0 atom stereocenters. The molecule has 3 rings (SSSR count). The minimum absolute atomic E-state index is 0.637. The predicted molar refractivity (Wildman–Crippen MR) is 129 cm³/mol. The van der Waals surface area contributed by atoms with E-state index in [9.17, 15) is 0 Å². The first kappa shape index (κ1) is 23.9. The molecule has 0 amide bonds. The fourth-order valence-corrected chi connectivity index (χ4v) is 3.77. The summed E-state index contributed by atoms with van der Waals surface area (Å²) < 4.78 is 16.3. The van der Waals surface area contributed by atoms with Crippen molar-refractivity contribution in [2.24, 2.45) is 4.99 Å². The number of morpholine rings is 1. The standard InChI is InChI=1S/C25H36N4O3/c1-4-26-25(27-12-11-20-17-23(30-2)9-10-24(20)31-3)28-18-21-7-5-6-8-22(21)19-29-13-15-32-16-14-29/h5-10,17H,4,11-16,18-19H2,1-3H3,(H2,26,27,28). The molecule has 0 saturated carbocycles. The number of ether oxygens (including phenoxy) is 3. The van der Waals surface area contributed by atoms with Crippen LogP contribution in [-0.2, 0) is 24.2 Å². The zero-order chi connectivity index (χ0) is 22.6. The predicted octanol–water partition coefficient (Wildman–Crippen LogP) is 2.83. The Morgan fingerprint density at radius 1 is 1.00 bits per heavy atom. The Kier molecular flexibility index (Phi) is 9.65.